The van der Waals surface area contributed by atoms with Crippen LogP contribution in [0.4, 0.5) is 15.8 Å². The molecular formula is C21H15FN4O5S. The summed E-state index contributed by atoms with van der Waals surface area (Å²) in [6.45, 7) is 0.137. The van der Waals surface area contributed by atoms with E-state index in [1.165, 1.54) is 16.9 Å². The summed E-state index contributed by atoms with van der Waals surface area (Å²) in [7, 11) is 0. The number of halogens is 1. The van der Waals surface area contributed by atoms with Crippen molar-refractivity contribution in [2.24, 2.45) is 0 Å². The second-order valence-corrected chi connectivity index (χ2v) is 7.58. The maximum absolute atomic E-state index is 13.5. The molecule has 9 nitrogen and oxygen atoms in total. The molecule has 2 heterocycles. The van der Waals surface area contributed by atoms with Gasteiger partial charge < -0.3 is 9.73 Å². The highest BCUT2D eigenvalue weighted by atomic mass is 32.2. The number of amides is 1. The molecule has 0 aliphatic rings. The fourth-order valence-electron chi connectivity index (χ4n) is 3.01. The minimum Gasteiger partial charge on any atom is -0.467 e. The molecule has 0 aliphatic heterocycles. The second-order valence-electron chi connectivity index (χ2n) is 6.64. The molecule has 1 N–H and O–H groups in total. The van der Waals surface area contributed by atoms with Crippen molar-refractivity contribution in [3.05, 3.63) is 92.9 Å². The van der Waals surface area contributed by atoms with E-state index in [0.29, 0.717) is 21.8 Å². The third kappa shape index (κ3) is 4.52. The van der Waals surface area contributed by atoms with Crippen molar-refractivity contribution in [2.75, 3.05) is 11.1 Å². The fraction of sp³-hybridized carbons (Fsp3) is 0.0952. The highest BCUT2D eigenvalue weighted by Gasteiger charge is 2.17. The van der Waals surface area contributed by atoms with Crippen LogP contribution < -0.4 is 10.9 Å². The summed E-state index contributed by atoms with van der Waals surface area (Å²) in [5, 5.41) is 14.1. The van der Waals surface area contributed by atoms with Gasteiger partial charge in [-0.3, -0.25) is 24.3 Å². The molecule has 0 spiro atoms. The fourth-order valence-corrected chi connectivity index (χ4v) is 3.81. The van der Waals surface area contributed by atoms with Crippen LogP contribution in [0.25, 0.3) is 10.9 Å². The number of nitro benzene ring substituents is 1. The zero-order chi connectivity index (χ0) is 22.7. The maximum Gasteiger partial charge on any atom is 0.306 e. The summed E-state index contributed by atoms with van der Waals surface area (Å²) in [6, 6.07) is 13.4. The van der Waals surface area contributed by atoms with Crippen LogP contribution in [0.15, 0.2) is 75.2 Å². The van der Waals surface area contributed by atoms with E-state index in [2.05, 4.69) is 10.3 Å². The number of hydrogen-bond acceptors (Lipinski definition) is 7. The molecular weight excluding hydrogens is 439 g/mol. The number of nitrogens with zero attached hydrogens (tertiary/aromatic N) is 3. The average Bonchev–Trinajstić information content (AvgIpc) is 3.29. The Balaban J connectivity index is 1.57. The first-order valence-corrected chi connectivity index (χ1v) is 10.3. The van der Waals surface area contributed by atoms with Crippen LogP contribution in [-0.2, 0) is 11.3 Å². The zero-order valence-electron chi connectivity index (χ0n) is 16.4. The number of anilines is 1. The molecule has 0 saturated heterocycles. The lowest BCUT2D eigenvalue weighted by Crippen LogP contribution is -2.24. The number of rotatable bonds is 7. The van der Waals surface area contributed by atoms with Gasteiger partial charge in [0.15, 0.2) is 5.16 Å². The van der Waals surface area contributed by atoms with Crippen LogP contribution in [0, 0.1) is 15.9 Å². The minimum absolute atomic E-state index is 0.0862. The molecule has 0 unspecified atom stereocenters. The molecule has 0 atom stereocenters. The number of nitrogens with one attached hydrogen (secondary N) is 1. The standard InChI is InChI=1S/C21H15FN4O5S/c22-16-8-7-13(10-18(16)26(29)30)23-19(27)12-32-21-24-17-6-2-1-5-15(17)20(28)25(21)11-14-4-3-9-31-14/h1-10H,11-12H2,(H,23,27). The molecule has 0 radical (unpaired) electrons. The van der Waals surface area contributed by atoms with Crippen molar-refractivity contribution >= 4 is 39.9 Å². The maximum atomic E-state index is 13.5. The van der Waals surface area contributed by atoms with Gasteiger partial charge in [-0.1, -0.05) is 23.9 Å². The lowest BCUT2D eigenvalue weighted by Gasteiger charge is -2.12. The molecule has 32 heavy (non-hydrogen) atoms. The number of carbonyl (C=O) groups excluding carboxylic acids is 1. The molecule has 2 aromatic carbocycles. The number of thioether (sulfide) groups is 1. The molecule has 0 aliphatic carbocycles. The Hall–Kier alpha value is -3.99. The summed E-state index contributed by atoms with van der Waals surface area (Å²) >= 11 is 1.03. The molecule has 11 heteroatoms. The van der Waals surface area contributed by atoms with Crippen molar-refractivity contribution in [1.29, 1.82) is 0 Å². The van der Waals surface area contributed by atoms with Gasteiger partial charge in [-0.2, -0.15) is 4.39 Å². The molecule has 162 valence electrons. The minimum atomic E-state index is -0.996. The molecule has 1 amide bonds. The van der Waals surface area contributed by atoms with E-state index in [0.717, 1.165) is 23.9 Å². The predicted molar refractivity (Wildman–Crippen MR) is 116 cm³/mol. The summed E-state index contributed by atoms with van der Waals surface area (Å²) in [6.07, 6.45) is 1.50. The monoisotopic (exact) mass is 454 g/mol. The Kier molecular flexibility index (Phi) is 5.99. The van der Waals surface area contributed by atoms with Crippen LogP contribution in [0.2, 0.25) is 0 Å². The quantitative estimate of drug-likeness (QED) is 0.195. The van der Waals surface area contributed by atoms with Gasteiger partial charge in [-0.25, -0.2) is 4.98 Å². The van der Waals surface area contributed by atoms with E-state index < -0.39 is 22.3 Å². The Labute approximate surface area is 184 Å². The van der Waals surface area contributed by atoms with Crippen LogP contribution in [-0.4, -0.2) is 26.1 Å². The second kappa shape index (κ2) is 9.02. The van der Waals surface area contributed by atoms with E-state index in [9.17, 15) is 24.1 Å². The van der Waals surface area contributed by atoms with Crippen molar-refractivity contribution in [2.45, 2.75) is 11.7 Å². The van der Waals surface area contributed by atoms with Crippen molar-refractivity contribution in [3.63, 3.8) is 0 Å². The number of furan rings is 1. The molecule has 0 fully saturated rings. The van der Waals surface area contributed by atoms with Gasteiger partial charge >= 0.3 is 5.69 Å². The number of hydrogen-bond donors (Lipinski definition) is 1. The number of nitro groups is 1. The SMILES string of the molecule is O=C(CSc1nc2ccccc2c(=O)n1Cc1ccco1)Nc1ccc(F)c([N+](=O)[O-])c1. The predicted octanol–water partition coefficient (Wildman–Crippen LogP) is 3.82. The highest BCUT2D eigenvalue weighted by molar-refractivity contribution is 7.99. The van der Waals surface area contributed by atoms with Gasteiger partial charge in [0.05, 0.1) is 34.4 Å². The first-order valence-electron chi connectivity index (χ1n) is 9.31. The third-order valence-electron chi connectivity index (χ3n) is 4.48. The molecule has 0 saturated carbocycles. The van der Waals surface area contributed by atoms with E-state index in [4.69, 9.17) is 4.42 Å². The molecule has 2 aromatic heterocycles. The van der Waals surface area contributed by atoms with Crippen molar-refractivity contribution < 1.29 is 18.5 Å². The Morgan fingerprint density at radius 1 is 1.22 bits per heavy atom. The van der Waals surface area contributed by atoms with E-state index >= 15 is 0 Å². The third-order valence-corrected chi connectivity index (χ3v) is 5.46. The number of aromatic nitrogens is 2. The summed E-state index contributed by atoms with van der Waals surface area (Å²) in [5.74, 6) is -1.07. The smallest absolute Gasteiger partial charge is 0.306 e. The lowest BCUT2D eigenvalue weighted by atomic mass is 10.2. The molecule has 4 aromatic rings. The van der Waals surface area contributed by atoms with Crippen LogP contribution in [0.3, 0.4) is 0 Å². The van der Waals surface area contributed by atoms with Gasteiger partial charge in [0.2, 0.25) is 11.7 Å². The van der Waals surface area contributed by atoms with E-state index in [-0.39, 0.29) is 23.5 Å². The van der Waals surface area contributed by atoms with Gasteiger partial charge in [0.25, 0.3) is 5.56 Å². The van der Waals surface area contributed by atoms with E-state index in [1.54, 1.807) is 36.4 Å². The van der Waals surface area contributed by atoms with Crippen molar-refractivity contribution in [1.82, 2.24) is 9.55 Å². The Bertz CT molecular complexity index is 1370. The Morgan fingerprint density at radius 2 is 2.03 bits per heavy atom. The van der Waals surface area contributed by atoms with Gasteiger partial charge in [0.1, 0.15) is 5.76 Å². The lowest BCUT2D eigenvalue weighted by molar-refractivity contribution is -0.387. The zero-order valence-corrected chi connectivity index (χ0v) is 17.2. The largest absolute Gasteiger partial charge is 0.467 e. The van der Waals surface area contributed by atoms with Crippen LogP contribution in [0.5, 0.6) is 0 Å². The van der Waals surface area contributed by atoms with Crippen molar-refractivity contribution in [3.8, 4) is 0 Å². The van der Waals surface area contributed by atoms with Crippen LogP contribution in [0.1, 0.15) is 5.76 Å². The topological polar surface area (TPSA) is 120 Å². The summed E-state index contributed by atoms with van der Waals surface area (Å²) < 4.78 is 20.2. The Morgan fingerprint density at radius 3 is 2.78 bits per heavy atom. The normalized spacial score (nSPS) is 10.9. The highest BCUT2D eigenvalue weighted by Crippen LogP contribution is 2.23. The van der Waals surface area contributed by atoms with Gasteiger partial charge in [-0.15, -0.1) is 0 Å². The first kappa shape index (κ1) is 21.2. The number of fused-ring (bicyclic) bond motifs is 1. The summed E-state index contributed by atoms with van der Waals surface area (Å²) in [5.41, 5.74) is -0.434. The van der Waals surface area contributed by atoms with Gasteiger partial charge in [0, 0.05) is 11.8 Å². The number of carbonyl (C=O) groups is 1. The van der Waals surface area contributed by atoms with Crippen LogP contribution >= 0.6 is 11.8 Å². The number of para-hydroxylation sites is 1. The summed E-state index contributed by atoms with van der Waals surface area (Å²) in [4.78, 5) is 39.9. The molecule has 0 bridgehead atoms. The molecule has 4 rings (SSSR count). The van der Waals surface area contributed by atoms with Gasteiger partial charge in [-0.05, 0) is 36.4 Å². The number of benzene rings is 2. The first-order chi connectivity index (χ1) is 15.4. The van der Waals surface area contributed by atoms with E-state index in [1.807, 2.05) is 0 Å². The average molecular weight is 454 g/mol.